The standard InChI is InChI=1S/C13H14N4O2S/c1-18-10-4-3-8(5-11(10)19-2)9-7-20-13-16-15-12(6-14)17(9)13/h3-5,7H,6,14H2,1-2H3. The van der Waals surface area contributed by atoms with Crippen LogP contribution in [0.15, 0.2) is 23.6 Å². The van der Waals surface area contributed by atoms with Gasteiger partial charge in [-0.1, -0.05) is 0 Å². The van der Waals surface area contributed by atoms with Gasteiger partial charge in [-0.2, -0.15) is 0 Å². The van der Waals surface area contributed by atoms with Crippen LogP contribution in [0.3, 0.4) is 0 Å². The van der Waals surface area contributed by atoms with Crippen molar-refractivity contribution in [2.45, 2.75) is 6.54 Å². The summed E-state index contributed by atoms with van der Waals surface area (Å²) in [6.45, 7) is 0.345. The van der Waals surface area contributed by atoms with Crippen molar-refractivity contribution < 1.29 is 9.47 Å². The minimum Gasteiger partial charge on any atom is -0.493 e. The third-order valence-corrected chi connectivity index (χ3v) is 3.90. The summed E-state index contributed by atoms with van der Waals surface area (Å²) >= 11 is 1.53. The molecule has 2 heterocycles. The molecule has 0 saturated carbocycles. The number of hydrogen-bond acceptors (Lipinski definition) is 6. The van der Waals surface area contributed by atoms with Gasteiger partial charge in [0.2, 0.25) is 4.96 Å². The van der Waals surface area contributed by atoms with Gasteiger partial charge in [-0.15, -0.1) is 21.5 Å². The predicted octanol–water partition coefficient (Wildman–Crippen LogP) is 1.93. The summed E-state index contributed by atoms with van der Waals surface area (Å²) in [6, 6.07) is 5.79. The SMILES string of the molecule is COc1ccc(-c2csc3nnc(CN)n23)cc1OC. The maximum Gasteiger partial charge on any atom is 0.216 e. The normalized spacial score (nSPS) is 10.9. The van der Waals surface area contributed by atoms with Crippen molar-refractivity contribution in [3.63, 3.8) is 0 Å². The molecule has 0 fully saturated rings. The molecule has 0 unspecified atom stereocenters. The van der Waals surface area contributed by atoms with Crippen LogP contribution >= 0.6 is 11.3 Å². The van der Waals surface area contributed by atoms with Crippen molar-refractivity contribution in [2.75, 3.05) is 14.2 Å². The van der Waals surface area contributed by atoms with E-state index in [1.807, 2.05) is 28.0 Å². The van der Waals surface area contributed by atoms with Gasteiger partial charge < -0.3 is 15.2 Å². The second kappa shape index (κ2) is 5.10. The molecular weight excluding hydrogens is 276 g/mol. The molecule has 3 aromatic rings. The summed E-state index contributed by atoms with van der Waals surface area (Å²) in [7, 11) is 3.24. The predicted molar refractivity (Wildman–Crippen MR) is 77.3 cm³/mol. The van der Waals surface area contributed by atoms with E-state index in [-0.39, 0.29) is 0 Å². The Morgan fingerprint density at radius 2 is 2.00 bits per heavy atom. The van der Waals surface area contributed by atoms with Crippen molar-refractivity contribution in [3.8, 4) is 22.8 Å². The summed E-state index contributed by atoms with van der Waals surface area (Å²) < 4.78 is 12.6. The minimum atomic E-state index is 0.345. The molecule has 0 aliphatic heterocycles. The van der Waals surface area contributed by atoms with Gasteiger partial charge in [-0.25, -0.2) is 0 Å². The van der Waals surface area contributed by atoms with Crippen LogP contribution in [0.5, 0.6) is 11.5 Å². The van der Waals surface area contributed by atoms with Crippen LogP contribution in [0.25, 0.3) is 16.2 Å². The van der Waals surface area contributed by atoms with Gasteiger partial charge in [0.15, 0.2) is 17.3 Å². The van der Waals surface area contributed by atoms with Gasteiger partial charge >= 0.3 is 0 Å². The smallest absolute Gasteiger partial charge is 0.216 e. The monoisotopic (exact) mass is 290 g/mol. The Balaban J connectivity index is 2.17. The molecule has 0 radical (unpaired) electrons. The van der Waals surface area contributed by atoms with E-state index in [1.165, 1.54) is 11.3 Å². The molecule has 104 valence electrons. The van der Waals surface area contributed by atoms with Crippen LogP contribution in [-0.4, -0.2) is 28.8 Å². The average molecular weight is 290 g/mol. The van der Waals surface area contributed by atoms with Crippen LogP contribution in [-0.2, 0) is 6.54 Å². The van der Waals surface area contributed by atoms with E-state index in [0.29, 0.717) is 18.0 Å². The first-order valence-electron chi connectivity index (χ1n) is 6.02. The Hall–Kier alpha value is -2.12. The highest BCUT2D eigenvalue weighted by atomic mass is 32.1. The highest BCUT2D eigenvalue weighted by Crippen LogP contribution is 2.34. The maximum absolute atomic E-state index is 5.70. The average Bonchev–Trinajstić information content (AvgIpc) is 3.07. The van der Waals surface area contributed by atoms with Gasteiger partial charge in [0.1, 0.15) is 0 Å². The van der Waals surface area contributed by atoms with Gasteiger partial charge in [0.25, 0.3) is 0 Å². The molecule has 0 aliphatic carbocycles. The molecule has 1 aromatic carbocycles. The molecule has 0 amide bonds. The first kappa shape index (κ1) is 12.9. The van der Waals surface area contributed by atoms with Crippen LogP contribution in [0.1, 0.15) is 5.82 Å². The zero-order valence-corrected chi connectivity index (χ0v) is 12.0. The molecule has 20 heavy (non-hydrogen) atoms. The fraction of sp³-hybridized carbons (Fsp3) is 0.231. The number of hydrogen-bond donors (Lipinski definition) is 1. The van der Waals surface area contributed by atoms with Crippen LogP contribution in [0.4, 0.5) is 0 Å². The number of methoxy groups -OCH3 is 2. The van der Waals surface area contributed by atoms with Gasteiger partial charge in [0.05, 0.1) is 26.5 Å². The molecule has 3 rings (SSSR count). The quantitative estimate of drug-likeness (QED) is 0.794. The Morgan fingerprint density at radius 1 is 1.20 bits per heavy atom. The summed E-state index contributed by atoms with van der Waals surface area (Å²) in [6.07, 6.45) is 0. The van der Waals surface area contributed by atoms with Crippen molar-refractivity contribution in [2.24, 2.45) is 5.73 Å². The molecule has 2 aromatic heterocycles. The van der Waals surface area contributed by atoms with E-state index in [1.54, 1.807) is 14.2 Å². The van der Waals surface area contributed by atoms with Crippen LogP contribution in [0, 0.1) is 0 Å². The minimum absolute atomic E-state index is 0.345. The number of ether oxygens (including phenoxy) is 2. The number of nitrogens with zero attached hydrogens (tertiary/aromatic N) is 3. The second-order valence-corrected chi connectivity index (χ2v) is 4.97. The summed E-state index contributed by atoms with van der Waals surface area (Å²) in [5, 5.41) is 10.2. The molecule has 2 N–H and O–H groups in total. The third kappa shape index (κ3) is 1.91. The first-order valence-corrected chi connectivity index (χ1v) is 6.90. The Labute approximate surface area is 119 Å². The van der Waals surface area contributed by atoms with Crippen molar-refractivity contribution >= 4 is 16.3 Å². The lowest BCUT2D eigenvalue weighted by atomic mass is 10.1. The largest absolute Gasteiger partial charge is 0.493 e. The molecule has 0 saturated heterocycles. The number of rotatable bonds is 4. The van der Waals surface area contributed by atoms with Crippen molar-refractivity contribution in [3.05, 3.63) is 29.4 Å². The lowest BCUT2D eigenvalue weighted by Crippen LogP contribution is -2.03. The highest BCUT2D eigenvalue weighted by Gasteiger charge is 2.14. The highest BCUT2D eigenvalue weighted by molar-refractivity contribution is 7.15. The lowest BCUT2D eigenvalue weighted by Gasteiger charge is -2.09. The lowest BCUT2D eigenvalue weighted by molar-refractivity contribution is 0.355. The maximum atomic E-state index is 5.70. The Morgan fingerprint density at radius 3 is 2.70 bits per heavy atom. The van der Waals surface area contributed by atoms with E-state index in [2.05, 4.69) is 10.2 Å². The zero-order valence-electron chi connectivity index (χ0n) is 11.2. The molecule has 7 heteroatoms. The van der Waals surface area contributed by atoms with Crippen molar-refractivity contribution in [1.82, 2.24) is 14.6 Å². The Bertz CT molecular complexity index is 750. The van der Waals surface area contributed by atoms with Crippen molar-refractivity contribution in [1.29, 1.82) is 0 Å². The number of nitrogens with two attached hydrogens (primary N) is 1. The summed E-state index contributed by atoms with van der Waals surface area (Å²) in [4.78, 5) is 0.829. The van der Waals surface area contributed by atoms with E-state index in [4.69, 9.17) is 15.2 Å². The zero-order chi connectivity index (χ0) is 14.1. The van der Waals surface area contributed by atoms with Gasteiger partial charge in [-0.3, -0.25) is 4.40 Å². The van der Waals surface area contributed by atoms with Gasteiger partial charge in [0, 0.05) is 10.9 Å². The second-order valence-electron chi connectivity index (χ2n) is 4.13. The van der Waals surface area contributed by atoms with Gasteiger partial charge in [-0.05, 0) is 18.2 Å². The van der Waals surface area contributed by atoms with E-state index < -0.39 is 0 Å². The number of benzene rings is 1. The number of fused-ring (bicyclic) bond motifs is 1. The number of aromatic nitrogens is 3. The van der Waals surface area contributed by atoms with Crippen LogP contribution < -0.4 is 15.2 Å². The molecule has 0 aliphatic rings. The van der Waals surface area contributed by atoms with E-state index in [9.17, 15) is 0 Å². The molecular formula is C13H14N4O2S. The molecule has 6 nitrogen and oxygen atoms in total. The molecule has 0 spiro atoms. The third-order valence-electron chi connectivity index (χ3n) is 3.08. The number of thiazole rings is 1. The van der Waals surface area contributed by atoms with E-state index >= 15 is 0 Å². The fourth-order valence-electron chi connectivity index (χ4n) is 2.10. The van der Waals surface area contributed by atoms with E-state index in [0.717, 1.165) is 22.0 Å². The first-order chi connectivity index (χ1) is 9.78. The summed E-state index contributed by atoms with van der Waals surface area (Å²) in [5.41, 5.74) is 7.70. The van der Waals surface area contributed by atoms with Crippen LogP contribution in [0.2, 0.25) is 0 Å². The fourth-order valence-corrected chi connectivity index (χ4v) is 2.96. The topological polar surface area (TPSA) is 74.7 Å². The molecule has 0 atom stereocenters. The summed E-state index contributed by atoms with van der Waals surface area (Å²) in [5.74, 6) is 2.13. The molecule has 0 bridgehead atoms. The Kier molecular flexibility index (Phi) is 3.29.